The first-order chi connectivity index (χ1) is 9.20. The zero-order chi connectivity index (χ0) is 15.3. The van der Waals surface area contributed by atoms with E-state index in [1.54, 1.807) is 20.8 Å². The van der Waals surface area contributed by atoms with Crippen LogP contribution in [0.3, 0.4) is 0 Å². The molecule has 20 heavy (non-hydrogen) atoms. The van der Waals surface area contributed by atoms with Crippen molar-refractivity contribution in [2.45, 2.75) is 45.3 Å². The van der Waals surface area contributed by atoms with Gasteiger partial charge < -0.3 is 15.3 Å². The average molecular weight is 287 g/mol. The van der Waals surface area contributed by atoms with E-state index in [-0.39, 0.29) is 6.54 Å². The molecule has 0 bridgehead atoms. The summed E-state index contributed by atoms with van der Waals surface area (Å²) in [4.78, 5) is 40.3. The second-order valence-corrected chi connectivity index (χ2v) is 5.54. The van der Waals surface area contributed by atoms with E-state index < -0.39 is 29.6 Å². The van der Waals surface area contributed by atoms with Crippen LogP contribution in [0.1, 0.15) is 33.6 Å². The zero-order valence-electron chi connectivity index (χ0n) is 12.0. The largest absolute Gasteiger partial charge is 0.444 e. The Kier molecular flexibility index (Phi) is 5.32. The number of ether oxygens (including phenoxy) is 1. The number of likely N-dealkylation sites (tertiary alicyclic amines) is 1. The fourth-order valence-electron chi connectivity index (χ4n) is 1.80. The van der Waals surface area contributed by atoms with Crippen molar-refractivity contribution in [2.75, 3.05) is 13.1 Å². The van der Waals surface area contributed by atoms with Crippen LogP contribution in [0.15, 0.2) is 0 Å². The lowest BCUT2D eigenvalue weighted by Crippen LogP contribution is -2.45. The van der Waals surface area contributed by atoms with Gasteiger partial charge in [0.15, 0.2) is 0 Å². The number of hydrogen-bond acceptors (Lipinski definition) is 6. The van der Waals surface area contributed by atoms with Crippen molar-refractivity contribution < 1.29 is 24.0 Å². The van der Waals surface area contributed by atoms with Gasteiger partial charge >= 0.3 is 12.1 Å². The summed E-state index contributed by atoms with van der Waals surface area (Å²) in [6.07, 6.45) is 0.636. The molecule has 114 valence electrons. The van der Waals surface area contributed by atoms with Gasteiger partial charge in [0, 0.05) is 6.54 Å². The quantitative estimate of drug-likeness (QED) is 0.700. The lowest BCUT2D eigenvalue weighted by molar-refractivity contribution is -0.156. The topological polar surface area (TPSA) is 111 Å². The molecule has 0 radical (unpaired) electrons. The monoisotopic (exact) mass is 287 g/mol. The standard InChI is InChI=1S/C12H21N3O5/c1-12(2,3)19-11(18)15-6-4-5-8(15)10(17)20-14-7-9(13)16/h8,14H,4-7H2,1-3H3,(H2,13,16). The molecule has 0 aromatic carbocycles. The van der Waals surface area contributed by atoms with Gasteiger partial charge in [-0.2, -0.15) is 0 Å². The Hall–Kier alpha value is -1.83. The Morgan fingerprint density at radius 1 is 1.35 bits per heavy atom. The Labute approximate surface area is 117 Å². The number of hydroxylamine groups is 1. The third-order valence-electron chi connectivity index (χ3n) is 2.57. The van der Waals surface area contributed by atoms with Crippen LogP contribution >= 0.6 is 0 Å². The average Bonchev–Trinajstić information content (AvgIpc) is 2.74. The van der Waals surface area contributed by atoms with E-state index >= 15 is 0 Å². The lowest BCUT2D eigenvalue weighted by atomic mass is 10.2. The van der Waals surface area contributed by atoms with Crippen LogP contribution in [-0.2, 0) is 19.2 Å². The molecule has 1 aliphatic rings. The summed E-state index contributed by atoms with van der Waals surface area (Å²) in [7, 11) is 0. The molecule has 0 spiro atoms. The molecule has 8 nitrogen and oxygen atoms in total. The molecule has 1 rings (SSSR count). The van der Waals surface area contributed by atoms with E-state index in [4.69, 9.17) is 15.3 Å². The Bertz CT molecular complexity index is 391. The number of nitrogens with two attached hydrogens (primary N) is 1. The third-order valence-corrected chi connectivity index (χ3v) is 2.57. The van der Waals surface area contributed by atoms with E-state index in [0.29, 0.717) is 19.4 Å². The van der Waals surface area contributed by atoms with Gasteiger partial charge in [-0.3, -0.25) is 9.69 Å². The third kappa shape index (κ3) is 5.04. The van der Waals surface area contributed by atoms with E-state index in [1.807, 2.05) is 0 Å². The second-order valence-electron chi connectivity index (χ2n) is 5.54. The Morgan fingerprint density at radius 2 is 2.00 bits per heavy atom. The van der Waals surface area contributed by atoms with E-state index in [9.17, 15) is 14.4 Å². The minimum atomic E-state index is -0.703. The van der Waals surface area contributed by atoms with E-state index in [2.05, 4.69) is 5.48 Å². The summed E-state index contributed by atoms with van der Waals surface area (Å²) in [6, 6.07) is -0.703. The zero-order valence-corrected chi connectivity index (χ0v) is 12.0. The van der Waals surface area contributed by atoms with Crippen LogP contribution in [0.25, 0.3) is 0 Å². The number of hydrogen-bond donors (Lipinski definition) is 2. The van der Waals surface area contributed by atoms with Crippen LogP contribution in [0.4, 0.5) is 4.79 Å². The van der Waals surface area contributed by atoms with Gasteiger partial charge in [0.1, 0.15) is 18.2 Å². The first-order valence-corrected chi connectivity index (χ1v) is 6.42. The molecule has 1 aliphatic heterocycles. The Morgan fingerprint density at radius 3 is 2.55 bits per heavy atom. The maximum absolute atomic E-state index is 12.0. The predicted octanol–water partition coefficient (Wildman–Crippen LogP) is -0.0810. The van der Waals surface area contributed by atoms with Crippen molar-refractivity contribution in [3.8, 4) is 0 Å². The highest BCUT2D eigenvalue weighted by molar-refractivity contribution is 5.82. The minimum absolute atomic E-state index is 0.273. The highest BCUT2D eigenvalue weighted by Crippen LogP contribution is 2.21. The van der Waals surface area contributed by atoms with Crippen LogP contribution in [0.2, 0.25) is 0 Å². The van der Waals surface area contributed by atoms with E-state index in [1.165, 1.54) is 4.90 Å². The molecule has 3 N–H and O–H groups in total. The van der Waals surface area contributed by atoms with Crippen molar-refractivity contribution in [3.05, 3.63) is 0 Å². The molecular weight excluding hydrogens is 266 g/mol. The number of nitrogens with zero attached hydrogens (tertiary/aromatic N) is 1. The first kappa shape index (κ1) is 16.2. The van der Waals surface area contributed by atoms with Crippen LogP contribution in [0.5, 0.6) is 0 Å². The van der Waals surface area contributed by atoms with Gasteiger partial charge in [-0.15, -0.1) is 5.48 Å². The van der Waals surface area contributed by atoms with Gasteiger partial charge in [-0.25, -0.2) is 9.59 Å². The summed E-state index contributed by atoms with van der Waals surface area (Å²) in [5.74, 6) is -1.28. The SMILES string of the molecule is CC(C)(C)OC(=O)N1CCCC1C(=O)ONCC(N)=O. The van der Waals surface area contributed by atoms with Crippen molar-refractivity contribution in [1.29, 1.82) is 0 Å². The van der Waals surface area contributed by atoms with Crippen LogP contribution in [0, 0.1) is 0 Å². The van der Waals surface area contributed by atoms with Gasteiger partial charge in [0.25, 0.3) is 0 Å². The number of carbonyl (C=O) groups is 3. The Balaban J connectivity index is 2.53. The maximum Gasteiger partial charge on any atom is 0.411 e. The number of amides is 2. The van der Waals surface area contributed by atoms with Gasteiger partial charge in [0.2, 0.25) is 5.91 Å². The highest BCUT2D eigenvalue weighted by Gasteiger charge is 2.37. The van der Waals surface area contributed by atoms with Crippen LogP contribution < -0.4 is 11.2 Å². The molecule has 0 saturated carbocycles. The molecule has 0 aromatic rings. The normalized spacial score (nSPS) is 18.8. The molecule has 1 heterocycles. The smallest absolute Gasteiger partial charge is 0.411 e. The molecule has 1 saturated heterocycles. The summed E-state index contributed by atoms with van der Waals surface area (Å²) >= 11 is 0. The van der Waals surface area contributed by atoms with Crippen molar-refractivity contribution >= 4 is 18.0 Å². The number of primary amides is 1. The minimum Gasteiger partial charge on any atom is -0.444 e. The van der Waals surface area contributed by atoms with Crippen molar-refractivity contribution in [3.63, 3.8) is 0 Å². The van der Waals surface area contributed by atoms with Gasteiger partial charge in [-0.05, 0) is 33.6 Å². The van der Waals surface area contributed by atoms with Crippen LogP contribution in [-0.4, -0.2) is 47.6 Å². The molecule has 8 heteroatoms. The van der Waals surface area contributed by atoms with Crippen molar-refractivity contribution in [1.82, 2.24) is 10.4 Å². The van der Waals surface area contributed by atoms with Crippen molar-refractivity contribution in [2.24, 2.45) is 5.73 Å². The molecule has 0 aromatic heterocycles. The predicted molar refractivity (Wildman–Crippen MR) is 69.3 cm³/mol. The number of carbonyl (C=O) groups excluding carboxylic acids is 3. The molecule has 2 amide bonds. The lowest BCUT2D eigenvalue weighted by Gasteiger charge is -2.27. The van der Waals surface area contributed by atoms with E-state index in [0.717, 1.165) is 0 Å². The summed E-state index contributed by atoms with van der Waals surface area (Å²) in [5.41, 5.74) is 6.44. The summed E-state index contributed by atoms with van der Waals surface area (Å²) < 4.78 is 5.23. The second kappa shape index (κ2) is 6.56. The number of nitrogens with one attached hydrogen (secondary N) is 1. The molecule has 1 unspecified atom stereocenters. The summed E-state index contributed by atoms with van der Waals surface area (Å²) in [5, 5.41) is 0. The fourth-order valence-corrected chi connectivity index (χ4v) is 1.80. The maximum atomic E-state index is 12.0. The first-order valence-electron chi connectivity index (χ1n) is 6.42. The number of rotatable bonds is 4. The molecular formula is C12H21N3O5. The van der Waals surface area contributed by atoms with Gasteiger partial charge in [-0.1, -0.05) is 0 Å². The highest BCUT2D eigenvalue weighted by atomic mass is 16.7. The van der Waals surface area contributed by atoms with Gasteiger partial charge in [0.05, 0.1) is 0 Å². The molecule has 0 aliphatic carbocycles. The molecule has 1 fully saturated rings. The summed E-state index contributed by atoms with van der Waals surface area (Å²) in [6.45, 7) is 5.42. The fraction of sp³-hybridized carbons (Fsp3) is 0.750. The molecule has 1 atom stereocenters.